The number of sulfonamides is 1. The summed E-state index contributed by atoms with van der Waals surface area (Å²) >= 11 is 0. The Kier molecular flexibility index (Phi) is 6.92. The zero-order valence-corrected chi connectivity index (χ0v) is 17.8. The van der Waals surface area contributed by atoms with Crippen LogP contribution < -0.4 is 4.31 Å². The van der Waals surface area contributed by atoms with Crippen LogP contribution in [0.4, 0.5) is 5.69 Å². The minimum atomic E-state index is -3.79. The van der Waals surface area contributed by atoms with E-state index in [1.54, 1.807) is 43.3 Å². The van der Waals surface area contributed by atoms with Crippen molar-refractivity contribution in [1.82, 2.24) is 4.90 Å². The first kappa shape index (κ1) is 21.3. The molecule has 0 aromatic heterocycles. The maximum Gasteiger partial charge on any atom is 0.338 e. The summed E-state index contributed by atoms with van der Waals surface area (Å²) in [6.07, 6.45) is 1.66. The Labute approximate surface area is 173 Å². The van der Waals surface area contributed by atoms with Crippen LogP contribution in [0.15, 0.2) is 59.5 Å². The molecule has 29 heavy (non-hydrogen) atoms. The van der Waals surface area contributed by atoms with Crippen LogP contribution >= 0.6 is 0 Å². The predicted molar refractivity (Wildman–Crippen MR) is 114 cm³/mol. The van der Waals surface area contributed by atoms with Crippen molar-refractivity contribution in [2.45, 2.75) is 37.7 Å². The number of piperidine rings is 1. The molecule has 1 atom stereocenters. The van der Waals surface area contributed by atoms with Gasteiger partial charge in [0.15, 0.2) is 0 Å². The SMILES string of the molecule is CCN1CCCC(OC(=O)c2cccc(S(=O)(=O)N(CC)c3ccccc3)c2)C1. The number of hydrogen-bond acceptors (Lipinski definition) is 5. The lowest BCUT2D eigenvalue weighted by molar-refractivity contribution is 0.00772. The van der Waals surface area contributed by atoms with Gasteiger partial charge in [0.2, 0.25) is 0 Å². The van der Waals surface area contributed by atoms with Crippen molar-refractivity contribution >= 4 is 21.7 Å². The monoisotopic (exact) mass is 416 g/mol. The Morgan fingerprint density at radius 1 is 1.14 bits per heavy atom. The fraction of sp³-hybridized carbons (Fsp3) is 0.409. The number of esters is 1. The van der Waals surface area contributed by atoms with E-state index in [4.69, 9.17) is 4.74 Å². The molecular formula is C22H28N2O4S. The largest absolute Gasteiger partial charge is 0.457 e. The highest BCUT2D eigenvalue weighted by atomic mass is 32.2. The summed E-state index contributed by atoms with van der Waals surface area (Å²) in [5, 5.41) is 0. The molecule has 6 nitrogen and oxygen atoms in total. The van der Waals surface area contributed by atoms with E-state index in [2.05, 4.69) is 11.8 Å². The lowest BCUT2D eigenvalue weighted by Gasteiger charge is -2.31. The number of anilines is 1. The fourth-order valence-corrected chi connectivity index (χ4v) is 5.13. The highest BCUT2D eigenvalue weighted by molar-refractivity contribution is 7.92. The zero-order valence-electron chi connectivity index (χ0n) is 17.0. The molecule has 1 aliphatic rings. The van der Waals surface area contributed by atoms with E-state index in [9.17, 15) is 13.2 Å². The molecule has 1 saturated heterocycles. The maximum atomic E-state index is 13.2. The first-order chi connectivity index (χ1) is 14.0. The second kappa shape index (κ2) is 9.41. The van der Waals surface area contributed by atoms with Gasteiger partial charge >= 0.3 is 5.97 Å². The van der Waals surface area contributed by atoms with Crippen molar-refractivity contribution < 1.29 is 17.9 Å². The molecule has 1 fully saturated rings. The number of hydrogen-bond donors (Lipinski definition) is 0. The smallest absolute Gasteiger partial charge is 0.338 e. The van der Waals surface area contributed by atoms with E-state index >= 15 is 0 Å². The van der Waals surface area contributed by atoms with Crippen LogP contribution in [0.25, 0.3) is 0 Å². The highest BCUT2D eigenvalue weighted by Crippen LogP contribution is 2.24. The molecule has 1 unspecified atom stereocenters. The first-order valence-corrected chi connectivity index (χ1v) is 11.5. The van der Waals surface area contributed by atoms with Crippen molar-refractivity contribution in [3.05, 3.63) is 60.2 Å². The van der Waals surface area contributed by atoms with E-state index in [0.717, 1.165) is 32.5 Å². The number of benzene rings is 2. The average Bonchev–Trinajstić information content (AvgIpc) is 2.75. The number of likely N-dealkylation sites (tertiary alicyclic amines) is 1. The Morgan fingerprint density at radius 2 is 1.90 bits per heavy atom. The van der Waals surface area contributed by atoms with Crippen LogP contribution in [0.5, 0.6) is 0 Å². The Morgan fingerprint density at radius 3 is 2.59 bits per heavy atom. The van der Waals surface area contributed by atoms with Crippen LogP contribution in [0.2, 0.25) is 0 Å². The molecule has 0 saturated carbocycles. The summed E-state index contributed by atoms with van der Waals surface area (Å²) in [7, 11) is -3.79. The van der Waals surface area contributed by atoms with Crippen LogP contribution in [-0.2, 0) is 14.8 Å². The molecule has 0 aliphatic carbocycles. The van der Waals surface area contributed by atoms with Gasteiger partial charge in [-0.05, 0) is 63.2 Å². The van der Waals surface area contributed by atoms with Gasteiger partial charge in [-0.1, -0.05) is 31.2 Å². The van der Waals surface area contributed by atoms with Crippen molar-refractivity contribution in [2.24, 2.45) is 0 Å². The number of carbonyl (C=O) groups excluding carboxylic acids is 1. The van der Waals surface area contributed by atoms with E-state index in [1.807, 2.05) is 6.07 Å². The summed E-state index contributed by atoms with van der Waals surface area (Å²) in [5.41, 5.74) is 0.841. The van der Waals surface area contributed by atoms with Gasteiger partial charge < -0.3 is 4.74 Å². The molecule has 1 heterocycles. The van der Waals surface area contributed by atoms with Gasteiger partial charge in [-0.2, -0.15) is 0 Å². The third-order valence-corrected chi connectivity index (χ3v) is 7.07. The minimum Gasteiger partial charge on any atom is -0.457 e. The number of para-hydroxylation sites is 1. The molecule has 0 amide bonds. The summed E-state index contributed by atoms with van der Waals surface area (Å²) in [4.78, 5) is 15.0. The van der Waals surface area contributed by atoms with Gasteiger partial charge in [0.05, 0.1) is 16.1 Å². The Hall–Kier alpha value is -2.38. The first-order valence-electron chi connectivity index (χ1n) is 10.1. The summed E-state index contributed by atoms with van der Waals surface area (Å²) in [6.45, 7) is 6.82. The van der Waals surface area contributed by atoms with Gasteiger partial charge in [0.25, 0.3) is 10.0 Å². The van der Waals surface area contributed by atoms with E-state index in [1.165, 1.54) is 16.4 Å². The predicted octanol–water partition coefficient (Wildman–Crippen LogP) is 3.54. The van der Waals surface area contributed by atoms with Gasteiger partial charge in [-0.15, -0.1) is 0 Å². The van der Waals surface area contributed by atoms with Gasteiger partial charge in [0, 0.05) is 13.1 Å². The number of ether oxygens (including phenoxy) is 1. The molecule has 3 rings (SSSR count). The molecule has 0 bridgehead atoms. The molecule has 0 N–H and O–H groups in total. The standard InChI is InChI=1S/C22H28N2O4S/c1-3-23-15-9-13-20(17-23)28-22(25)18-10-8-14-21(16-18)29(26,27)24(4-2)19-11-6-5-7-12-19/h5-8,10-12,14,16,20H,3-4,9,13,15,17H2,1-2H3. The van der Waals surface area contributed by atoms with Crippen molar-refractivity contribution in [3.63, 3.8) is 0 Å². The molecule has 0 radical (unpaired) electrons. The quantitative estimate of drug-likeness (QED) is 0.646. The highest BCUT2D eigenvalue weighted by Gasteiger charge is 2.26. The number of likely N-dealkylation sites (N-methyl/N-ethyl adjacent to an activating group) is 1. The number of carbonyl (C=O) groups is 1. The van der Waals surface area contributed by atoms with E-state index in [-0.39, 0.29) is 23.1 Å². The van der Waals surface area contributed by atoms with Crippen molar-refractivity contribution in [1.29, 1.82) is 0 Å². The third kappa shape index (κ3) is 4.97. The van der Waals surface area contributed by atoms with Crippen molar-refractivity contribution in [3.8, 4) is 0 Å². The fourth-order valence-electron chi connectivity index (χ4n) is 3.61. The minimum absolute atomic E-state index is 0.0801. The molecule has 0 spiro atoms. The second-order valence-electron chi connectivity index (χ2n) is 7.10. The molecule has 7 heteroatoms. The van der Waals surface area contributed by atoms with Crippen LogP contribution in [0, 0.1) is 0 Å². The summed E-state index contributed by atoms with van der Waals surface area (Å²) in [5.74, 6) is -0.479. The molecule has 156 valence electrons. The van der Waals surface area contributed by atoms with Gasteiger partial charge in [-0.3, -0.25) is 9.21 Å². The zero-order chi connectivity index (χ0) is 20.9. The third-order valence-electron chi connectivity index (χ3n) is 5.17. The Bertz CT molecular complexity index is 931. The summed E-state index contributed by atoms with van der Waals surface area (Å²) in [6, 6.07) is 15.0. The average molecular weight is 417 g/mol. The van der Waals surface area contributed by atoms with E-state index in [0.29, 0.717) is 5.69 Å². The summed E-state index contributed by atoms with van der Waals surface area (Å²) < 4.78 is 33.3. The lowest BCUT2D eigenvalue weighted by atomic mass is 10.1. The van der Waals surface area contributed by atoms with Crippen LogP contribution in [0.1, 0.15) is 37.0 Å². The van der Waals surface area contributed by atoms with E-state index < -0.39 is 16.0 Å². The number of nitrogens with zero attached hydrogens (tertiary/aromatic N) is 2. The maximum absolute atomic E-state index is 13.2. The second-order valence-corrected chi connectivity index (χ2v) is 8.96. The lowest BCUT2D eigenvalue weighted by Crippen LogP contribution is -2.40. The van der Waals surface area contributed by atoms with Gasteiger partial charge in [-0.25, -0.2) is 13.2 Å². The molecule has 2 aromatic rings. The van der Waals surface area contributed by atoms with Crippen LogP contribution in [-0.4, -0.2) is 51.6 Å². The van der Waals surface area contributed by atoms with Crippen LogP contribution in [0.3, 0.4) is 0 Å². The number of rotatable bonds is 7. The Balaban J connectivity index is 1.80. The van der Waals surface area contributed by atoms with Gasteiger partial charge in [0.1, 0.15) is 6.10 Å². The molecular weight excluding hydrogens is 388 g/mol. The topological polar surface area (TPSA) is 66.9 Å². The normalized spacial score (nSPS) is 17.7. The van der Waals surface area contributed by atoms with Crippen molar-refractivity contribution in [2.75, 3.05) is 30.5 Å². The molecule has 1 aliphatic heterocycles. The molecule has 2 aromatic carbocycles.